The first-order valence-corrected chi connectivity index (χ1v) is 9.31. The van der Waals surface area contributed by atoms with Crippen LogP contribution in [-0.4, -0.2) is 30.7 Å². The van der Waals surface area contributed by atoms with E-state index in [1.54, 1.807) is 48.8 Å². The van der Waals surface area contributed by atoms with Crippen LogP contribution in [0.1, 0.15) is 10.4 Å². The molecular formula is C23H18FeN6O-6. The van der Waals surface area contributed by atoms with Gasteiger partial charge in [0.1, 0.15) is 11.4 Å². The molecule has 0 bridgehead atoms. The average molecular weight is 450 g/mol. The van der Waals surface area contributed by atoms with Crippen LogP contribution in [0.3, 0.4) is 0 Å². The van der Waals surface area contributed by atoms with E-state index in [4.69, 9.17) is 0 Å². The van der Waals surface area contributed by atoms with Crippen LogP contribution in [0.15, 0.2) is 103 Å². The molecular weight excluding hydrogens is 432 g/mol. The summed E-state index contributed by atoms with van der Waals surface area (Å²) in [7, 11) is 0. The molecule has 31 heavy (non-hydrogen) atoms. The van der Waals surface area contributed by atoms with Crippen molar-refractivity contribution in [2.24, 2.45) is 0 Å². The summed E-state index contributed by atoms with van der Waals surface area (Å²) in [6, 6.07) is 28.0. The van der Waals surface area contributed by atoms with E-state index in [-0.39, 0.29) is 23.0 Å². The summed E-state index contributed by atoms with van der Waals surface area (Å²) in [6.07, 6.45) is 3.32. The van der Waals surface area contributed by atoms with Crippen LogP contribution in [0, 0.1) is 0 Å². The van der Waals surface area contributed by atoms with Crippen molar-refractivity contribution >= 4 is 5.91 Å². The van der Waals surface area contributed by atoms with Gasteiger partial charge >= 0.3 is 0 Å². The number of aromatic nitrogens is 5. The molecule has 0 unspecified atom stereocenters. The largest absolute Gasteiger partial charge is 0.748 e. The summed E-state index contributed by atoms with van der Waals surface area (Å²) < 4.78 is 1.51. The molecule has 0 spiro atoms. The first-order chi connectivity index (χ1) is 14.8. The van der Waals surface area contributed by atoms with Crippen LogP contribution in [0.2, 0.25) is 0 Å². The van der Waals surface area contributed by atoms with E-state index in [2.05, 4.69) is 25.6 Å². The van der Waals surface area contributed by atoms with Gasteiger partial charge in [0, 0.05) is 29.5 Å². The van der Waals surface area contributed by atoms with Crippen molar-refractivity contribution in [2.45, 2.75) is 0 Å². The maximum Gasteiger partial charge on any atom is 0.214 e. The van der Waals surface area contributed by atoms with E-state index in [0.717, 1.165) is 0 Å². The van der Waals surface area contributed by atoms with E-state index in [0.29, 0.717) is 28.6 Å². The van der Waals surface area contributed by atoms with Gasteiger partial charge in [-0.2, -0.15) is 12.1 Å². The molecule has 160 valence electrons. The molecule has 0 aliphatic heterocycles. The van der Waals surface area contributed by atoms with Crippen LogP contribution in [0.5, 0.6) is 0 Å². The maximum atomic E-state index is 12.5. The molecule has 0 aliphatic carbocycles. The number of amides is 1. The van der Waals surface area contributed by atoms with Gasteiger partial charge < -0.3 is 30.3 Å². The molecule has 1 N–H and O–H groups in total. The van der Waals surface area contributed by atoms with E-state index in [1.165, 1.54) is 4.68 Å². The number of nitrogens with one attached hydrogen (secondary N) is 1. The summed E-state index contributed by atoms with van der Waals surface area (Å²) in [5.41, 5.74) is 4.57. The van der Waals surface area contributed by atoms with Crippen molar-refractivity contribution in [3.05, 3.63) is 109 Å². The van der Waals surface area contributed by atoms with E-state index in [9.17, 15) is 4.79 Å². The van der Waals surface area contributed by atoms with E-state index >= 15 is 0 Å². The Hall–Kier alpha value is -3.87. The van der Waals surface area contributed by atoms with Crippen molar-refractivity contribution < 1.29 is 21.9 Å². The molecule has 5 aromatic rings. The number of hydrogen-bond acceptors (Lipinski definition) is 5. The number of carbonyl (C=O) groups excluding carboxylic acids is 1. The minimum absolute atomic E-state index is 0. The zero-order chi connectivity index (χ0) is 20.6. The standard InChI is InChI=1S/C18H13N6O.C5H5.Fe/c25-18(13-7-1-2-8-13)23-24-16(14-9-3-5-11-19-14)21-22-17(24)15-10-4-6-12-20-15;1-2-4-5-3-1;/h1-12H,(H,23,25);1-5H;/q-1;-5;. The molecule has 2 aromatic carbocycles. The van der Waals surface area contributed by atoms with Crippen LogP contribution < -0.4 is 5.43 Å². The van der Waals surface area contributed by atoms with Crippen molar-refractivity contribution in [2.75, 3.05) is 5.43 Å². The Balaban J connectivity index is 0.000000401. The average Bonchev–Trinajstić information content (AvgIpc) is 3.59. The molecule has 0 atom stereocenters. The van der Waals surface area contributed by atoms with Gasteiger partial charge in [0.25, 0.3) is 0 Å². The first kappa shape index (κ1) is 21.8. The minimum Gasteiger partial charge on any atom is -0.748 e. The SMILES string of the molecule is O=C(Nn1c(-c2ccccn2)nnc1-c1ccccn1)[c-]1cccc1.[Fe].[cH-]1[cH-][cH-][cH-][cH-]1. The van der Waals surface area contributed by atoms with Gasteiger partial charge in [0.2, 0.25) is 17.6 Å². The summed E-state index contributed by atoms with van der Waals surface area (Å²) in [6.45, 7) is 0. The summed E-state index contributed by atoms with van der Waals surface area (Å²) in [4.78, 5) is 21.1. The second-order valence-corrected chi connectivity index (χ2v) is 6.19. The van der Waals surface area contributed by atoms with Crippen molar-refractivity contribution in [1.82, 2.24) is 24.8 Å². The van der Waals surface area contributed by atoms with Crippen LogP contribution in [0.25, 0.3) is 23.0 Å². The third-order valence-electron chi connectivity index (χ3n) is 4.14. The molecule has 0 saturated carbocycles. The number of carbonyl (C=O) groups is 1. The van der Waals surface area contributed by atoms with Crippen LogP contribution >= 0.6 is 0 Å². The Morgan fingerprint density at radius 2 is 1.26 bits per heavy atom. The summed E-state index contributed by atoms with van der Waals surface area (Å²) >= 11 is 0. The minimum atomic E-state index is -0.265. The molecule has 5 rings (SSSR count). The first-order valence-electron chi connectivity index (χ1n) is 9.31. The predicted octanol–water partition coefficient (Wildman–Crippen LogP) is 3.91. The second-order valence-electron chi connectivity index (χ2n) is 6.19. The second kappa shape index (κ2) is 10.8. The molecule has 8 heteroatoms. The van der Waals surface area contributed by atoms with Gasteiger partial charge in [0.05, 0.1) is 0 Å². The predicted molar refractivity (Wildman–Crippen MR) is 114 cm³/mol. The Labute approximate surface area is 190 Å². The Kier molecular flexibility index (Phi) is 7.59. The number of hydrogen-bond donors (Lipinski definition) is 1. The van der Waals surface area contributed by atoms with Crippen LogP contribution in [-0.2, 0) is 17.1 Å². The van der Waals surface area contributed by atoms with Crippen molar-refractivity contribution in [3.8, 4) is 23.0 Å². The molecule has 0 aliphatic rings. The summed E-state index contributed by atoms with van der Waals surface area (Å²) in [5.74, 6) is 0.599. The fourth-order valence-corrected chi connectivity index (χ4v) is 2.72. The number of nitrogens with zero attached hydrogens (tertiary/aromatic N) is 5. The molecule has 0 radical (unpaired) electrons. The molecule has 3 aromatic heterocycles. The molecule has 7 nitrogen and oxygen atoms in total. The fourth-order valence-electron chi connectivity index (χ4n) is 2.72. The maximum absolute atomic E-state index is 12.5. The number of rotatable bonds is 4. The van der Waals surface area contributed by atoms with Crippen molar-refractivity contribution in [3.63, 3.8) is 0 Å². The Morgan fingerprint density at radius 1 is 0.774 bits per heavy atom. The van der Waals surface area contributed by atoms with Crippen molar-refractivity contribution in [1.29, 1.82) is 0 Å². The monoisotopic (exact) mass is 450 g/mol. The summed E-state index contributed by atoms with van der Waals surface area (Å²) in [5, 5.41) is 8.39. The zero-order valence-corrected chi connectivity index (χ0v) is 17.4. The molecule has 0 saturated heterocycles. The topological polar surface area (TPSA) is 85.6 Å². The molecule has 3 heterocycles. The Morgan fingerprint density at radius 3 is 1.68 bits per heavy atom. The van der Waals surface area contributed by atoms with E-state index in [1.807, 2.05) is 54.6 Å². The van der Waals surface area contributed by atoms with Crippen LogP contribution in [0.4, 0.5) is 0 Å². The smallest absolute Gasteiger partial charge is 0.214 e. The quantitative estimate of drug-likeness (QED) is 0.332. The normalized spacial score (nSPS) is 9.81. The third kappa shape index (κ3) is 5.39. The van der Waals surface area contributed by atoms with Gasteiger partial charge in [-0.1, -0.05) is 17.7 Å². The fraction of sp³-hybridized carbons (Fsp3) is 0. The van der Waals surface area contributed by atoms with E-state index < -0.39 is 0 Å². The molecule has 0 fully saturated rings. The third-order valence-corrected chi connectivity index (χ3v) is 4.14. The van der Waals surface area contributed by atoms with Gasteiger partial charge in [-0.3, -0.25) is 20.2 Å². The van der Waals surface area contributed by atoms with Gasteiger partial charge in [-0.25, -0.2) is 16.8 Å². The Bertz CT molecular complexity index is 1100. The van der Waals surface area contributed by atoms with Gasteiger partial charge in [0.15, 0.2) is 0 Å². The van der Waals surface area contributed by atoms with Gasteiger partial charge in [-0.05, 0) is 24.3 Å². The van der Waals surface area contributed by atoms with Gasteiger partial charge in [-0.15, -0.1) is 10.2 Å². The molecule has 1 amide bonds. The number of pyridine rings is 2. The zero-order valence-electron chi connectivity index (χ0n) is 16.3.